The Kier molecular flexibility index (Phi) is 4.99. The SMILES string of the molecule is CC(=O)O[C@H]1CC[C@]2(C)[C@H]3C[C@@H](OC(C)=O)C4=CCC[C@@]4(C)[C@]3(C)CC[C@H]2C1(C)C. The summed E-state index contributed by atoms with van der Waals surface area (Å²) in [6.45, 7) is 15.1. The molecule has 0 amide bonds. The highest BCUT2D eigenvalue weighted by Gasteiger charge is 2.68. The Morgan fingerprint density at radius 2 is 1.57 bits per heavy atom. The lowest BCUT2D eigenvalue weighted by molar-refractivity contribution is -0.219. The molecular weight excluding hydrogens is 376 g/mol. The van der Waals surface area contributed by atoms with Crippen LogP contribution in [0.25, 0.3) is 0 Å². The summed E-state index contributed by atoms with van der Waals surface area (Å²) >= 11 is 0. The molecule has 0 aromatic rings. The van der Waals surface area contributed by atoms with Gasteiger partial charge in [0.15, 0.2) is 0 Å². The summed E-state index contributed by atoms with van der Waals surface area (Å²) in [5.74, 6) is 0.647. The molecule has 0 unspecified atom stereocenters. The summed E-state index contributed by atoms with van der Waals surface area (Å²) < 4.78 is 11.7. The lowest BCUT2D eigenvalue weighted by atomic mass is 9.36. The molecular formula is C26H40O4. The Morgan fingerprint density at radius 1 is 0.900 bits per heavy atom. The van der Waals surface area contributed by atoms with Gasteiger partial charge in [-0.05, 0) is 78.6 Å². The fourth-order valence-electron chi connectivity index (χ4n) is 8.77. The van der Waals surface area contributed by atoms with Gasteiger partial charge in [0.05, 0.1) is 0 Å². The first-order chi connectivity index (χ1) is 13.9. The minimum absolute atomic E-state index is 0.0113. The van der Waals surface area contributed by atoms with E-state index >= 15 is 0 Å². The predicted octanol–water partition coefficient (Wildman–Crippen LogP) is 5.84. The van der Waals surface area contributed by atoms with Crippen LogP contribution in [0.1, 0.15) is 93.4 Å². The van der Waals surface area contributed by atoms with Gasteiger partial charge in [-0.1, -0.05) is 40.7 Å². The summed E-state index contributed by atoms with van der Waals surface area (Å²) in [5, 5.41) is 0. The van der Waals surface area contributed by atoms with E-state index in [4.69, 9.17) is 9.47 Å². The average molecular weight is 417 g/mol. The molecule has 4 aliphatic carbocycles. The van der Waals surface area contributed by atoms with Gasteiger partial charge in [0.1, 0.15) is 12.2 Å². The van der Waals surface area contributed by atoms with Crippen LogP contribution in [-0.2, 0) is 19.1 Å². The van der Waals surface area contributed by atoms with E-state index in [-0.39, 0.29) is 45.8 Å². The molecule has 30 heavy (non-hydrogen) atoms. The van der Waals surface area contributed by atoms with Crippen molar-refractivity contribution in [2.24, 2.45) is 33.5 Å². The second-order valence-corrected chi connectivity index (χ2v) is 11.9. The number of allylic oxidation sites excluding steroid dienone is 1. The van der Waals surface area contributed by atoms with E-state index in [9.17, 15) is 9.59 Å². The van der Waals surface area contributed by atoms with Crippen molar-refractivity contribution in [3.63, 3.8) is 0 Å². The van der Waals surface area contributed by atoms with Crippen molar-refractivity contribution >= 4 is 11.9 Å². The summed E-state index contributed by atoms with van der Waals surface area (Å²) in [6.07, 6.45) is 9.80. The lowest BCUT2D eigenvalue weighted by Crippen LogP contribution is -2.64. The van der Waals surface area contributed by atoms with Gasteiger partial charge in [0, 0.05) is 19.3 Å². The molecule has 0 radical (unpaired) electrons. The van der Waals surface area contributed by atoms with Crippen LogP contribution in [0.2, 0.25) is 0 Å². The van der Waals surface area contributed by atoms with E-state index in [1.54, 1.807) is 6.92 Å². The smallest absolute Gasteiger partial charge is 0.303 e. The lowest BCUT2D eigenvalue weighted by Gasteiger charge is -2.69. The topological polar surface area (TPSA) is 52.6 Å². The Balaban J connectivity index is 1.74. The van der Waals surface area contributed by atoms with Crippen LogP contribution in [0.15, 0.2) is 11.6 Å². The van der Waals surface area contributed by atoms with Gasteiger partial charge in [0.25, 0.3) is 0 Å². The Labute approximate surface area is 182 Å². The molecule has 0 aromatic heterocycles. The molecule has 4 heteroatoms. The Morgan fingerprint density at radius 3 is 2.20 bits per heavy atom. The number of ether oxygens (including phenoxy) is 2. The van der Waals surface area contributed by atoms with Crippen molar-refractivity contribution in [3.8, 4) is 0 Å². The molecule has 4 aliphatic rings. The maximum atomic E-state index is 12.0. The standard InChI is InChI=1S/C26H40O4/c1-16(27)29-19-15-21-24(5)13-11-22(30-17(2)28)23(3,4)20(24)10-14-26(21,7)25(6)12-8-9-18(19)25/h9,19-22H,8,10-15H2,1-7H3/t19-,20+,21-,22+,24+,25-,26-/m1/s1. The van der Waals surface area contributed by atoms with Crippen molar-refractivity contribution in [1.29, 1.82) is 0 Å². The Hall–Kier alpha value is -1.32. The van der Waals surface area contributed by atoms with Crippen LogP contribution in [0.5, 0.6) is 0 Å². The molecule has 0 saturated heterocycles. The van der Waals surface area contributed by atoms with Crippen LogP contribution in [0.3, 0.4) is 0 Å². The summed E-state index contributed by atoms with van der Waals surface area (Å²) in [5.41, 5.74) is 1.79. The molecule has 0 aromatic carbocycles. The number of rotatable bonds is 2. The zero-order valence-electron chi connectivity index (χ0n) is 20.0. The van der Waals surface area contributed by atoms with Gasteiger partial charge in [-0.2, -0.15) is 0 Å². The molecule has 3 saturated carbocycles. The van der Waals surface area contributed by atoms with Crippen LogP contribution in [0.4, 0.5) is 0 Å². The molecule has 0 N–H and O–H groups in total. The molecule has 0 bridgehead atoms. The Bertz CT molecular complexity index is 782. The fraction of sp³-hybridized carbons (Fsp3) is 0.846. The summed E-state index contributed by atoms with van der Waals surface area (Å²) in [6, 6.07) is 0. The minimum atomic E-state index is -0.171. The van der Waals surface area contributed by atoms with Gasteiger partial charge in [0.2, 0.25) is 0 Å². The molecule has 7 atom stereocenters. The van der Waals surface area contributed by atoms with Crippen LogP contribution in [0, 0.1) is 33.5 Å². The van der Waals surface area contributed by atoms with E-state index in [0.717, 1.165) is 32.1 Å². The average Bonchev–Trinajstić information content (AvgIpc) is 3.03. The van der Waals surface area contributed by atoms with Crippen LogP contribution in [-0.4, -0.2) is 24.1 Å². The number of fused-ring (bicyclic) bond motifs is 5. The fourth-order valence-corrected chi connectivity index (χ4v) is 8.77. The van der Waals surface area contributed by atoms with E-state index in [0.29, 0.717) is 11.8 Å². The first-order valence-electron chi connectivity index (χ1n) is 11.9. The van der Waals surface area contributed by atoms with Gasteiger partial charge >= 0.3 is 11.9 Å². The largest absolute Gasteiger partial charge is 0.462 e. The van der Waals surface area contributed by atoms with E-state index in [1.807, 2.05) is 0 Å². The molecule has 0 spiro atoms. The van der Waals surface area contributed by atoms with Gasteiger partial charge in [-0.25, -0.2) is 0 Å². The van der Waals surface area contributed by atoms with Gasteiger partial charge < -0.3 is 9.47 Å². The minimum Gasteiger partial charge on any atom is -0.462 e. The third-order valence-electron chi connectivity index (χ3n) is 10.3. The number of esters is 2. The van der Waals surface area contributed by atoms with Crippen molar-refractivity contribution < 1.29 is 19.1 Å². The van der Waals surface area contributed by atoms with E-state index < -0.39 is 0 Å². The molecule has 0 aliphatic heterocycles. The molecule has 168 valence electrons. The summed E-state index contributed by atoms with van der Waals surface area (Å²) in [4.78, 5) is 23.7. The van der Waals surface area contributed by atoms with Crippen molar-refractivity contribution in [2.75, 3.05) is 0 Å². The van der Waals surface area contributed by atoms with Crippen molar-refractivity contribution in [2.45, 2.75) is 106 Å². The molecule has 4 rings (SSSR count). The maximum absolute atomic E-state index is 12.0. The molecule has 3 fully saturated rings. The second-order valence-electron chi connectivity index (χ2n) is 11.9. The monoisotopic (exact) mass is 416 g/mol. The molecule has 4 nitrogen and oxygen atoms in total. The first-order valence-corrected chi connectivity index (χ1v) is 11.9. The number of hydrogen-bond donors (Lipinski definition) is 0. The number of hydrogen-bond acceptors (Lipinski definition) is 4. The van der Waals surface area contributed by atoms with Gasteiger partial charge in [-0.3, -0.25) is 9.59 Å². The predicted molar refractivity (Wildman–Crippen MR) is 117 cm³/mol. The number of carbonyl (C=O) groups is 2. The highest BCUT2D eigenvalue weighted by atomic mass is 16.5. The number of carbonyl (C=O) groups excluding carboxylic acids is 2. The maximum Gasteiger partial charge on any atom is 0.303 e. The van der Waals surface area contributed by atoms with E-state index in [1.165, 1.54) is 25.3 Å². The summed E-state index contributed by atoms with van der Waals surface area (Å²) in [7, 11) is 0. The van der Waals surface area contributed by atoms with E-state index in [2.05, 4.69) is 40.7 Å². The second kappa shape index (κ2) is 6.84. The van der Waals surface area contributed by atoms with Crippen molar-refractivity contribution in [3.05, 3.63) is 11.6 Å². The molecule has 0 heterocycles. The normalized spacial score (nSPS) is 46.7. The highest BCUT2D eigenvalue weighted by molar-refractivity contribution is 5.67. The zero-order chi connectivity index (χ0) is 22.1. The zero-order valence-corrected chi connectivity index (χ0v) is 20.0. The quantitative estimate of drug-likeness (QED) is 0.419. The van der Waals surface area contributed by atoms with Crippen LogP contribution >= 0.6 is 0 Å². The third kappa shape index (κ3) is 2.84. The van der Waals surface area contributed by atoms with Crippen molar-refractivity contribution in [1.82, 2.24) is 0 Å². The third-order valence-corrected chi connectivity index (χ3v) is 10.3. The van der Waals surface area contributed by atoms with Crippen LogP contribution < -0.4 is 0 Å². The highest BCUT2D eigenvalue weighted by Crippen LogP contribution is 2.74. The van der Waals surface area contributed by atoms with Gasteiger partial charge in [-0.15, -0.1) is 0 Å². The first kappa shape index (κ1) is 21.9.